The van der Waals surface area contributed by atoms with E-state index < -0.39 is 10.1 Å². The predicted octanol–water partition coefficient (Wildman–Crippen LogP) is 1.12. The van der Waals surface area contributed by atoms with Gasteiger partial charge in [0.05, 0.1) is 170 Å². The molecule has 0 bridgehead atoms. The topological polar surface area (TPSA) is 166 Å². The molecular formula is C34H63NO15S. The van der Waals surface area contributed by atoms with Crippen LogP contribution in [-0.2, 0) is 71.1 Å². The van der Waals surface area contributed by atoms with Crippen LogP contribution in [0.2, 0.25) is 0 Å². The van der Waals surface area contributed by atoms with Gasteiger partial charge in [-0.3, -0.25) is 4.18 Å². The Balaban J connectivity index is 1.66. The van der Waals surface area contributed by atoms with Gasteiger partial charge in [0.25, 0.3) is 10.1 Å². The minimum Gasteiger partial charge on any atom is -0.378 e. The van der Waals surface area contributed by atoms with Gasteiger partial charge in [-0.2, -0.15) is 8.42 Å². The smallest absolute Gasteiger partial charge is 0.297 e. The fourth-order valence-corrected chi connectivity index (χ4v) is 4.56. The molecule has 51 heavy (non-hydrogen) atoms. The zero-order valence-electron chi connectivity index (χ0n) is 30.7. The van der Waals surface area contributed by atoms with Gasteiger partial charge < -0.3 is 62.2 Å². The minimum atomic E-state index is -3.78. The molecule has 17 heteroatoms. The Hall–Kier alpha value is -1.39. The zero-order valence-corrected chi connectivity index (χ0v) is 31.5. The van der Waals surface area contributed by atoms with Crippen molar-refractivity contribution in [3.8, 4) is 0 Å². The molecule has 0 aliphatic carbocycles. The number of hydrogen-bond donors (Lipinski definition) is 1. The third kappa shape index (κ3) is 33.0. The highest BCUT2D eigenvalue weighted by Crippen LogP contribution is 2.12. The summed E-state index contributed by atoms with van der Waals surface area (Å²) in [5, 5.41) is 3.02. The molecule has 0 aromatic heterocycles. The molecule has 1 aromatic rings. The van der Waals surface area contributed by atoms with Crippen molar-refractivity contribution < 1.29 is 69.4 Å². The van der Waals surface area contributed by atoms with Crippen LogP contribution < -0.4 is 5.32 Å². The maximum atomic E-state index is 12.1. The van der Waals surface area contributed by atoms with E-state index in [1.54, 1.807) is 12.1 Å². The summed E-state index contributed by atoms with van der Waals surface area (Å²) in [5.74, 6) is 0. The third-order valence-electron chi connectivity index (χ3n) is 6.36. The fraction of sp³-hybridized carbons (Fsp3) is 0.824. The predicted molar refractivity (Wildman–Crippen MR) is 188 cm³/mol. The molecular weight excluding hydrogens is 694 g/mol. The lowest BCUT2D eigenvalue weighted by molar-refractivity contribution is -0.0285. The summed E-state index contributed by atoms with van der Waals surface area (Å²) in [5.41, 5.74) is 0.974. The summed E-state index contributed by atoms with van der Waals surface area (Å²) >= 11 is 0. The summed E-state index contributed by atoms with van der Waals surface area (Å²) in [4.78, 5) is 0.127. The number of rotatable bonds is 41. The van der Waals surface area contributed by atoms with Crippen molar-refractivity contribution in [2.45, 2.75) is 11.8 Å². The normalized spacial score (nSPS) is 11.9. The highest BCUT2D eigenvalue weighted by molar-refractivity contribution is 7.86. The molecule has 0 saturated heterocycles. The lowest BCUT2D eigenvalue weighted by atomic mass is 10.2. The van der Waals surface area contributed by atoms with Gasteiger partial charge in [-0.1, -0.05) is 17.7 Å². The molecule has 0 fully saturated rings. The first-order valence-corrected chi connectivity index (χ1v) is 19.0. The molecule has 0 spiro atoms. The summed E-state index contributed by atoms with van der Waals surface area (Å²) < 4.78 is 94.4. The van der Waals surface area contributed by atoms with Gasteiger partial charge in [0, 0.05) is 6.54 Å². The highest BCUT2D eigenvalue weighted by atomic mass is 32.2. The van der Waals surface area contributed by atoms with Gasteiger partial charge in [-0.15, -0.1) is 0 Å². The zero-order chi connectivity index (χ0) is 36.8. The van der Waals surface area contributed by atoms with Crippen molar-refractivity contribution in [2.24, 2.45) is 0 Å². The van der Waals surface area contributed by atoms with Crippen LogP contribution in [0.5, 0.6) is 0 Å². The van der Waals surface area contributed by atoms with Crippen LogP contribution in [0.15, 0.2) is 29.2 Å². The van der Waals surface area contributed by atoms with E-state index in [9.17, 15) is 8.42 Å². The van der Waals surface area contributed by atoms with E-state index in [0.717, 1.165) is 12.1 Å². The number of hydrogen-bond acceptors (Lipinski definition) is 16. The first-order chi connectivity index (χ1) is 25.1. The number of aryl methyl sites for hydroxylation is 1. The van der Waals surface area contributed by atoms with Crippen LogP contribution in [-0.4, -0.2) is 187 Å². The van der Waals surface area contributed by atoms with E-state index in [2.05, 4.69) is 5.32 Å². The van der Waals surface area contributed by atoms with Crippen LogP contribution in [0.4, 0.5) is 0 Å². The second-order valence-corrected chi connectivity index (χ2v) is 12.2. The van der Waals surface area contributed by atoms with E-state index in [1.165, 1.54) is 12.1 Å². The quantitative estimate of drug-likeness (QED) is 0.0745. The third-order valence-corrected chi connectivity index (χ3v) is 7.69. The van der Waals surface area contributed by atoms with E-state index in [0.29, 0.717) is 152 Å². The van der Waals surface area contributed by atoms with E-state index in [1.807, 2.05) is 14.0 Å². The molecule has 0 aliphatic rings. The van der Waals surface area contributed by atoms with Crippen molar-refractivity contribution in [1.29, 1.82) is 0 Å². The van der Waals surface area contributed by atoms with Gasteiger partial charge in [-0.25, -0.2) is 0 Å². The monoisotopic (exact) mass is 757 g/mol. The molecule has 0 saturated carbocycles. The SMILES string of the molecule is CNCCOCCOCCOCCOCCOCCOCCOCCOCCOCCOCCOCCOCCOS(=O)(=O)c1ccc(C)cc1. The van der Waals surface area contributed by atoms with Crippen molar-refractivity contribution in [1.82, 2.24) is 5.32 Å². The van der Waals surface area contributed by atoms with E-state index in [4.69, 9.17) is 61.0 Å². The molecule has 0 atom stereocenters. The van der Waals surface area contributed by atoms with Crippen LogP contribution >= 0.6 is 0 Å². The second kappa shape index (κ2) is 36.9. The molecule has 0 aliphatic heterocycles. The Morgan fingerprint density at radius 3 is 0.882 bits per heavy atom. The van der Waals surface area contributed by atoms with E-state index >= 15 is 0 Å². The molecule has 0 radical (unpaired) electrons. The molecule has 0 heterocycles. The summed E-state index contributed by atoms with van der Waals surface area (Å²) in [6, 6.07) is 6.48. The summed E-state index contributed by atoms with van der Waals surface area (Å²) in [7, 11) is -1.89. The van der Waals surface area contributed by atoms with Crippen LogP contribution in [0.1, 0.15) is 5.56 Å². The Morgan fingerprint density at radius 1 is 0.392 bits per heavy atom. The average molecular weight is 758 g/mol. The molecule has 300 valence electrons. The van der Waals surface area contributed by atoms with Crippen molar-refractivity contribution >= 4 is 10.1 Å². The van der Waals surface area contributed by atoms with Crippen LogP contribution in [0.3, 0.4) is 0 Å². The second-order valence-electron chi connectivity index (χ2n) is 10.5. The number of likely N-dealkylation sites (N-methyl/N-ethyl adjacent to an activating group) is 1. The molecule has 1 aromatic carbocycles. The average Bonchev–Trinajstić information content (AvgIpc) is 3.12. The van der Waals surface area contributed by atoms with Gasteiger partial charge in [0.15, 0.2) is 0 Å². The van der Waals surface area contributed by atoms with Gasteiger partial charge in [-0.05, 0) is 26.1 Å². The lowest BCUT2D eigenvalue weighted by Crippen LogP contribution is -2.17. The highest BCUT2D eigenvalue weighted by Gasteiger charge is 2.14. The molecule has 0 unspecified atom stereocenters. The Morgan fingerprint density at radius 2 is 0.627 bits per heavy atom. The lowest BCUT2D eigenvalue weighted by Gasteiger charge is -2.09. The number of nitrogens with one attached hydrogen (secondary N) is 1. The van der Waals surface area contributed by atoms with Crippen LogP contribution in [0.25, 0.3) is 0 Å². The molecule has 0 amide bonds. The maximum Gasteiger partial charge on any atom is 0.297 e. The molecule has 1 rings (SSSR count). The Bertz CT molecular complexity index is 960. The van der Waals surface area contributed by atoms with Crippen molar-refractivity contribution in [2.75, 3.05) is 179 Å². The van der Waals surface area contributed by atoms with Crippen LogP contribution in [0, 0.1) is 6.92 Å². The fourth-order valence-electron chi connectivity index (χ4n) is 3.67. The Labute approximate surface area is 305 Å². The Kier molecular flexibility index (Phi) is 34.5. The largest absolute Gasteiger partial charge is 0.378 e. The number of benzene rings is 1. The van der Waals surface area contributed by atoms with Crippen molar-refractivity contribution in [3.63, 3.8) is 0 Å². The summed E-state index contributed by atoms with van der Waals surface area (Å²) in [6.45, 7) is 14.1. The van der Waals surface area contributed by atoms with Gasteiger partial charge >= 0.3 is 0 Å². The first kappa shape index (κ1) is 47.6. The van der Waals surface area contributed by atoms with Gasteiger partial charge in [0.2, 0.25) is 0 Å². The number of ether oxygens (including phenoxy) is 12. The van der Waals surface area contributed by atoms with E-state index in [-0.39, 0.29) is 18.1 Å². The van der Waals surface area contributed by atoms with Crippen molar-refractivity contribution in [3.05, 3.63) is 29.8 Å². The first-order valence-electron chi connectivity index (χ1n) is 17.6. The summed E-state index contributed by atoms with van der Waals surface area (Å²) in [6.07, 6.45) is 0. The van der Waals surface area contributed by atoms with Gasteiger partial charge in [0.1, 0.15) is 0 Å². The molecule has 1 N–H and O–H groups in total. The standard InChI is InChI=1S/C34H63NO15S/c1-33-3-5-34(6-4-33)51(36,37)50-32-31-49-30-29-48-28-27-47-26-25-46-24-23-45-22-21-44-20-19-43-18-17-42-16-15-41-14-13-40-12-11-39-10-9-38-8-7-35-2/h3-6,35H,7-32H2,1-2H3. The maximum absolute atomic E-state index is 12.1. The molecule has 16 nitrogen and oxygen atoms in total. The minimum absolute atomic E-state index is 0.0608.